The average molecular weight is 603 g/mol. The monoisotopic (exact) mass is 602 g/mol. The van der Waals surface area contributed by atoms with Crippen LogP contribution in [0, 0.1) is 5.82 Å². The van der Waals surface area contributed by atoms with E-state index in [0.29, 0.717) is 33.9 Å². The number of hydrogen-bond acceptors (Lipinski definition) is 6. The van der Waals surface area contributed by atoms with Crippen LogP contribution in [0.2, 0.25) is 0 Å². The predicted molar refractivity (Wildman–Crippen MR) is 154 cm³/mol. The van der Waals surface area contributed by atoms with Gasteiger partial charge < -0.3 is 14.8 Å². The van der Waals surface area contributed by atoms with Gasteiger partial charge in [-0.1, -0.05) is 6.07 Å². The number of methoxy groups -OCH3 is 1. The van der Waals surface area contributed by atoms with Crippen molar-refractivity contribution in [3.05, 3.63) is 66.1 Å². The van der Waals surface area contributed by atoms with Crippen molar-refractivity contribution in [2.75, 3.05) is 38.7 Å². The Kier molecular flexibility index (Phi) is 7.67. The number of hydrogen-bond donors (Lipinski definition) is 2. The number of fused-ring (bicyclic) bond motifs is 3. The van der Waals surface area contributed by atoms with E-state index in [1.165, 1.54) is 24.5 Å². The van der Waals surface area contributed by atoms with Crippen molar-refractivity contribution in [2.45, 2.75) is 25.1 Å². The second kappa shape index (κ2) is 11.4. The summed E-state index contributed by atoms with van der Waals surface area (Å²) < 4.78 is 80.0. The van der Waals surface area contributed by atoms with Crippen molar-refractivity contribution in [3.8, 4) is 27.7 Å². The summed E-state index contributed by atoms with van der Waals surface area (Å²) in [5.41, 5.74) is 1.63. The van der Waals surface area contributed by atoms with Crippen molar-refractivity contribution in [3.63, 3.8) is 0 Å². The minimum atomic E-state index is -4.53. The van der Waals surface area contributed by atoms with E-state index < -0.39 is 18.4 Å². The summed E-state index contributed by atoms with van der Waals surface area (Å²) in [5.74, 6) is 0.391. The molecule has 1 aliphatic rings. The lowest BCUT2D eigenvalue weighted by molar-refractivity contribution is -0.127. The Hall–Kier alpha value is -3.90. The number of anilines is 1. The number of likely N-dealkylation sites (tertiary alicyclic amines) is 1. The Morgan fingerprint density at radius 1 is 1.07 bits per heavy atom. The standard InChI is InChI=1S/C30H27F5N4O2S/c1-40-26-12-19(37-20-15-39(16-20)10-2-9-31)4-8-25(26)41-27-22-6-7-24-23(14-36-38-24)28(22)42-29(27)21-5-3-18(32)11-17(21)13-30(33,34)35/h3-8,11-12,14,20,37H,2,9-10,13,15-16H2,1H3,(H,36,38). The summed E-state index contributed by atoms with van der Waals surface area (Å²) in [5, 5.41) is 11.9. The first-order valence-electron chi connectivity index (χ1n) is 13.4. The van der Waals surface area contributed by atoms with Gasteiger partial charge >= 0.3 is 6.18 Å². The van der Waals surface area contributed by atoms with Crippen LogP contribution in [0.3, 0.4) is 0 Å². The van der Waals surface area contributed by atoms with E-state index >= 15 is 0 Å². The Morgan fingerprint density at radius 2 is 1.90 bits per heavy atom. The van der Waals surface area contributed by atoms with E-state index in [1.807, 2.05) is 18.2 Å². The molecule has 6 rings (SSSR count). The van der Waals surface area contributed by atoms with Crippen LogP contribution in [0.25, 0.3) is 31.4 Å². The second-order valence-corrected chi connectivity index (χ2v) is 11.3. The molecule has 1 fully saturated rings. The lowest BCUT2D eigenvalue weighted by Crippen LogP contribution is -2.54. The molecule has 5 aromatic rings. The number of rotatable bonds is 10. The van der Waals surface area contributed by atoms with Gasteiger partial charge in [-0.3, -0.25) is 14.4 Å². The molecule has 0 spiro atoms. The van der Waals surface area contributed by atoms with Gasteiger partial charge in [0, 0.05) is 46.9 Å². The van der Waals surface area contributed by atoms with E-state index in [-0.39, 0.29) is 23.8 Å². The fourth-order valence-corrected chi connectivity index (χ4v) is 6.59. The molecule has 12 heteroatoms. The summed E-state index contributed by atoms with van der Waals surface area (Å²) in [6, 6.07) is 12.7. The molecule has 220 valence electrons. The third-order valence-electron chi connectivity index (χ3n) is 7.24. The van der Waals surface area contributed by atoms with Crippen LogP contribution in [0.1, 0.15) is 12.0 Å². The molecule has 2 aromatic heterocycles. The maximum atomic E-state index is 14.1. The van der Waals surface area contributed by atoms with Crippen LogP contribution in [0.4, 0.5) is 27.6 Å². The highest BCUT2D eigenvalue weighted by molar-refractivity contribution is 7.23. The second-order valence-electron chi connectivity index (χ2n) is 10.2. The van der Waals surface area contributed by atoms with Crippen molar-refractivity contribution < 1.29 is 31.4 Å². The van der Waals surface area contributed by atoms with E-state index in [4.69, 9.17) is 9.47 Å². The molecule has 0 amide bonds. The molecule has 0 aliphatic carbocycles. The van der Waals surface area contributed by atoms with E-state index in [0.717, 1.165) is 53.1 Å². The van der Waals surface area contributed by atoms with Crippen molar-refractivity contribution in [2.24, 2.45) is 0 Å². The molecule has 2 N–H and O–H groups in total. The molecule has 0 atom stereocenters. The first kappa shape index (κ1) is 28.2. The molecule has 0 unspecified atom stereocenters. The molecule has 3 aromatic carbocycles. The van der Waals surface area contributed by atoms with Gasteiger partial charge in [-0.25, -0.2) is 4.39 Å². The predicted octanol–water partition coefficient (Wildman–Crippen LogP) is 7.95. The van der Waals surface area contributed by atoms with Crippen LogP contribution in [0.5, 0.6) is 17.2 Å². The molecule has 0 bridgehead atoms. The van der Waals surface area contributed by atoms with Crippen molar-refractivity contribution >= 4 is 38.0 Å². The minimum Gasteiger partial charge on any atom is -0.493 e. The Labute approximate surface area is 242 Å². The number of aromatic amines is 1. The molecule has 0 radical (unpaired) electrons. The fraction of sp³-hybridized carbons (Fsp3) is 0.300. The smallest absolute Gasteiger partial charge is 0.393 e. The van der Waals surface area contributed by atoms with Crippen LogP contribution in [-0.4, -0.2) is 60.7 Å². The minimum absolute atomic E-state index is 0.185. The summed E-state index contributed by atoms with van der Waals surface area (Å²) in [7, 11) is 1.51. The molecule has 42 heavy (non-hydrogen) atoms. The van der Waals surface area contributed by atoms with Crippen LogP contribution < -0.4 is 14.8 Å². The lowest BCUT2D eigenvalue weighted by atomic mass is 10.0. The molecule has 3 heterocycles. The van der Waals surface area contributed by atoms with Gasteiger partial charge in [0.2, 0.25) is 0 Å². The van der Waals surface area contributed by atoms with Gasteiger partial charge in [0.15, 0.2) is 17.2 Å². The number of thiophene rings is 1. The highest BCUT2D eigenvalue weighted by atomic mass is 32.1. The fourth-order valence-electron chi connectivity index (χ4n) is 5.29. The van der Waals surface area contributed by atoms with Gasteiger partial charge in [0.05, 0.1) is 42.8 Å². The quantitative estimate of drug-likeness (QED) is 0.159. The number of ether oxygens (including phenoxy) is 2. The summed E-state index contributed by atoms with van der Waals surface area (Å²) >= 11 is 1.26. The molecule has 1 saturated heterocycles. The van der Waals surface area contributed by atoms with Gasteiger partial charge in [-0.15, -0.1) is 11.3 Å². The van der Waals surface area contributed by atoms with E-state index in [1.54, 1.807) is 18.3 Å². The van der Waals surface area contributed by atoms with Gasteiger partial charge in [-0.05, 0) is 53.9 Å². The van der Waals surface area contributed by atoms with E-state index in [9.17, 15) is 22.0 Å². The zero-order valence-electron chi connectivity index (χ0n) is 22.5. The van der Waals surface area contributed by atoms with Crippen LogP contribution >= 0.6 is 11.3 Å². The number of H-pyrrole nitrogens is 1. The largest absolute Gasteiger partial charge is 0.493 e. The number of nitrogens with zero attached hydrogens (tertiary/aromatic N) is 2. The summed E-state index contributed by atoms with van der Waals surface area (Å²) in [6.45, 7) is 2.02. The van der Waals surface area contributed by atoms with Crippen molar-refractivity contribution in [1.29, 1.82) is 0 Å². The topological polar surface area (TPSA) is 62.4 Å². The summed E-state index contributed by atoms with van der Waals surface area (Å²) in [4.78, 5) is 2.61. The number of nitrogens with one attached hydrogen (secondary N) is 2. The molecule has 0 saturated carbocycles. The number of halogens is 5. The maximum absolute atomic E-state index is 14.1. The summed E-state index contributed by atoms with van der Waals surface area (Å²) in [6.07, 6.45) is -3.64. The highest BCUT2D eigenvalue weighted by Gasteiger charge is 2.31. The third kappa shape index (κ3) is 5.73. The van der Waals surface area contributed by atoms with Crippen LogP contribution in [0.15, 0.2) is 54.7 Å². The lowest BCUT2D eigenvalue weighted by Gasteiger charge is -2.40. The Bertz CT molecular complexity index is 1730. The number of aromatic nitrogens is 2. The molecule has 1 aliphatic heterocycles. The Morgan fingerprint density at radius 3 is 2.67 bits per heavy atom. The number of benzene rings is 3. The van der Waals surface area contributed by atoms with Gasteiger partial charge in [0.25, 0.3) is 0 Å². The molecule has 6 nitrogen and oxygen atoms in total. The molecular weight excluding hydrogens is 575 g/mol. The molecular formula is C30H27F5N4O2S. The first-order valence-corrected chi connectivity index (χ1v) is 14.2. The van der Waals surface area contributed by atoms with Crippen molar-refractivity contribution in [1.82, 2.24) is 15.1 Å². The first-order chi connectivity index (χ1) is 20.2. The Balaban J connectivity index is 1.38. The average Bonchev–Trinajstić information content (AvgIpc) is 3.54. The maximum Gasteiger partial charge on any atom is 0.393 e. The third-order valence-corrected chi connectivity index (χ3v) is 8.50. The highest BCUT2D eigenvalue weighted by Crippen LogP contribution is 2.50. The zero-order valence-corrected chi connectivity index (χ0v) is 23.3. The number of alkyl halides is 4. The SMILES string of the molecule is COc1cc(NC2CN(CCCF)C2)ccc1Oc1c(-c2ccc(F)cc2CC(F)(F)F)sc2c1ccc1[nH]ncc12. The van der Waals surface area contributed by atoms with Gasteiger partial charge in [0.1, 0.15) is 5.82 Å². The van der Waals surface area contributed by atoms with Gasteiger partial charge in [-0.2, -0.15) is 18.3 Å². The van der Waals surface area contributed by atoms with E-state index in [2.05, 4.69) is 20.4 Å². The van der Waals surface area contributed by atoms with Crippen LogP contribution in [-0.2, 0) is 6.42 Å². The normalized spacial score (nSPS) is 14.4. The zero-order chi connectivity index (χ0) is 29.4.